The topological polar surface area (TPSA) is 58.6 Å². The predicted molar refractivity (Wildman–Crippen MR) is 112 cm³/mol. The average Bonchev–Trinajstić information content (AvgIpc) is 2.77. The maximum absolute atomic E-state index is 13.4. The Labute approximate surface area is 174 Å². The second kappa shape index (κ2) is 7.99. The number of methoxy groups -OCH3 is 1. The molecule has 0 saturated carbocycles. The summed E-state index contributed by atoms with van der Waals surface area (Å²) < 4.78 is 18.5. The lowest BCUT2D eigenvalue weighted by Gasteiger charge is -2.39. The average molecular weight is 404 g/mol. The fourth-order valence-corrected chi connectivity index (χ4v) is 3.93. The van der Waals surface area contributed by atoms with Gasteiger partial charge in [0, 0.05) is 18.3 Å². The lowest BCUT2D eigenvalue weighted by molar-refractivity contribution is -0.119. The van der Waals surface area contributed by atoms with E-state index in [9.17, 15) is 14.0 Å². The normalized spacial score (nSPS) is 18.0. The first-order chi connectivity index (χ1) is 14.5. The number of fused-ring (bicyclic) bond motifs is 1. The largest absolute Gasteiger partial charge is 0.497 e. The summed E-state index contributed by atoms with van der Waals surface area (Å²) in [6.07, 6.45) is 0. The molecular weight excluding hydrogens is 383 g/mol. The van der Waals surface area contributed by atoms with Crippen molar-refractivity contribution in [2.45, 2.75) is 12.0 Å². The van der Waals surface area contributed by atoms with Gasteiger partial charge in [-0.2, -0.15) is 0 Å². The number of halogens is 1. The summed E-state index contributed by atoms with van der Waals surface area (Å²) in [4.78, 5) is 28.0. The van der Waals surface area contributed by atoms with E-state index in [4.69, 9.17) is 4.74 Å². The van der Waals surface area contributed by atoms with E-state index < -0.39 is 12.0 Å². The Bertz CT molecular complexity index is 1080. The number of nitrogens with zero attached hydrogens (tertiary/aromatic N) is 1. The van der Waals surface area contributed by atoms with E-state index in [1.54, 1.807) is 31.2 Å². The summed E-state index contributed by atoms with van der Waals surface area (Å²) in [6, 6.07) is 19.6. The van der Waals surface area contributed by atoms with Crippen LogP contribution in [0, 0.1) is 5.82 Å². The van der Waals surface area contributed by atoms with Gasteiger partial charge >= 0.3 is 0 Å². The van der Waals surface area contributed by atoms with Crippen LogP contribution in [0.3, 0.4) is 0 Å². The van der Waals surface area contributed by atoms with Crippen molar-refractivity contribution < 1.29 is 18.7 Å². The van der Waals surface area contributed by atoms with Gasteiger partial charge in [0.1, 0.15) is 11.6 Å². The molecule has 5 nitrogen and oxygen atoms in total. The second-order valence-electron chi connectivity index (χ2n) is 7.20. The first kappa shape index (κ1) is 19.6. The van der Waals surface area contributed by atoms with Crippen molar-refractivity contribution in [3.8, 4) is 5.75 Å². The van der Waals surface area contributed by atoms with Crippen LogP contribution in [0.2, 0.25) is 0 Å². The van der Waals surface area contributed by atoms with E-state index in [-0.39, 0.29) is 17.6 Å². The third-order valence-electron chi connectivity index (χ3n) is 5.43. The van der Waals surface area contributed by atoms with Crippen molar-refractivity contribution in [1.82, 2.24) is 4.90 Å². The Kier molecular flexibility index (Phi) is 5.23. The number of amides is 2. The minimum atomic E-state index is -0.637. The van der Waals surface area contributed by atoms with Crippen LogP contribution in [-0.2, 0) is 4.79 Å². The number of carbonyl (C=O) groups is 2. The molecule has 4 rings (SSSR count). The van der Waals surface area contributed by atoms with Crippen molar-refractivity contribution in [2.75, 3.05) is 19.5 Å². The van der Waals surface area contributed by atoms with Crippen LogP contribution in [-0.4, -0.2) is 30.9 Å². The van der Waals surface area contributed by atoms with Crippen LogP contribution in [0.4, 0.5) is 10.1 Å². The number of carbonyl (C=O) groups excluding carboxylic acids is 2. The van der Waals surface area contributed by atoms with Crippen molar-refractivity contribution >= 4 is 17.5 Å². The highest BCUT2D eigenvalue weighted by Crippen LogP contribution is 2.42. The zero-order valence-corrected chi connectivity index (χ0v) is 16.6. The molecule has 1 heterocycles. The van der Waals surface area contributed by atoms with Gasteiger partial charge in [0.25, 0.3) is 5.91 Å². The predicted octanol–water partition coefficient (Wildman–Crippen LogP) is 4.38. The number of hydrogen-bond acceptors (Lipinski definition) is 3. The Hall–Kier alpha value is -3.67. The summed E-state index contributed by atoms with van der Waals surface area (Å²) in [5.41, 5.74) is 2.48. The highest BCUT2D eigenvalue weighted by atomic mass is 19.1. The molecule has 3 aromatic carbocycles. The first-order valence-electron chi connectivity index (χ1n) is 9.56. The van der Waals surface area contributed by atoms with Crippen molar-refractivity contribution in [1.29, 1.82) is 0 Å². The molecule has 0 unspecified atom stereocenters. The van der Waals surface area contributed by atoms with Crippen molar-refractivity contribution in [3.05, 3.63) is 95.3 Å². The van der Waals surface area contributed by atoms with Gasteiger partial charge in [0.15, 0.2) is 0 Å². The standard InChI is InChI=1S/C24H21FN2O3/c1-27-22(15-7-13-18(30-2)14-8-15)21(19-5-3-4-6-20(19)24(27)29)23(28)26-17-11-9-16(25)10-12-17/h3-14,21-22H,1-2H3,(H,26,28)/t21-,22+/m1/s1. The third kappa shape index (κ3) is 3.52. The fourth-order valence-electron chi connectivity index (χ4n) is 3.93. The summed E-state index contributed by atoms with van der Waals surface area (Å²) >= 11 is 0. The number of nitrogens with one attached hydrogen (secondary N) is 1. The maximum Gasteiger partial charge on any atom is 0.254 e. The van der Waals surface area contributed by atoms with Gasteiger partial charge in [0.2, 0.25) is 5.91 Å². The lowest BCUT2D eigenvalue weighted by atomic mass is 9.79. The monoisotopic (exact) mass is 404 g/mol. The Morgan fingerprint density at radius 2 is 1.67 bits per heavy atom. The molecule has 0 fully saturated rings. The number of anilines is 1. The van der Waals surface area contributed by atoms with E-state index >= 15 is 0 Å². The Balaban J connectivity index is 1.78. The van der Waals surface area contributed by atoms with Gasteiger partial charge in [-0.15, -0.1) is 0 Å². The van der Waals surface area contributed by atoms with Gasteiger partial charge in [-0.3, -0.25) is 9.59 Å². The van der Waals surface area contributed by atoms with Crippen molar-refractivity contribution in [3.63, 3.8) is 0 Å². The molecule has 3 aromatic rings. The van der Waals surface area contributed by atoms with Gasteiger partial charge in [-0.05, 0) is 53.6 Å². The molecular formula is C24H21FN2O3. The van der Waals surface area contributed by atoms with Crippen LogP contribution in [0.25, 0.3) is 0 Å². The number of hydrogen-bond donors (Lipinski definition) is 1. The fraction of sp³-hybridized carbons (Fsp3) is 0.167. The molecule has 0 bridgehead atoms. The van der Waals surface area contributed by atoms with Gasteiger partial charge in [-0.25, -0.2) is 4.39 Å². The van der Waals surface area contributed by atoms with Gasteiger partial charge in [-0.1, -0.05) is 30.3 Å². The maximum atomic E-state index is 13.4. The smallest absolute Gasteiger partial charge is 0.254 e. The van der Waals surface area contributed by atoms with Crippen LogP contribution >= 0.6 is 0 Å². The molecule has 0 saturated heterocycles. The molecule has 1 aliphatic rings. The number of rotatable bonds is 4. The molecule has 152 valence electrons. The summed E-state index contributed by atoms with van der Waals surface area (Å²) in [7, 11) is 3.28. The van der Waals surface area contributed by atoms with E-state index in [1.807, 2.05) is 36.4 Å². The quantitative estimate of drug-likeness (QED) is 0.702. The Morgan fingerprint density at radius 1 is 1.00 bits per heavy atom. The molecule has 1 aliphatic heterocycles. The third-order valence-corrected chi connectivity index (χ3v) is 5.43. The van der Waals surface area contributed by atoms with E-state index in [1.165, 1.54) is 24.3 Å². The minimum Gasteiger partial charge on any atom is -0.497 e. The number of likely N-dealkylation sites (N-methyl/N-ethyl adjacent to an activating group) is 1. The molecule has 0 spiro atoms. The molecule has 1 N–H and O–H groups in total. The highest BCUT2D eigenvalue weighted by molar-refractivity contribution is 6.04. The van der Waals surface area contributed by atoms with Crippen LogP contribution in [0.15, 0.2) is 72.8 Å². The molecule has 0 radical (unpaired) electrons. The number of ether oxygens (including phenoxy) is 1. The summed E-state index contributed by atoms with van der Waals surface area (Å²) in [5.74, 6) is -0.734. The van der Waals surface area contributed by atoms with E-state index in [2.05, 4.69) is 5.32 Å². The van der Waals surface area contributed by atoms with Crippen LogP contribution < -0.4 is 10.1 Å². The zero-order valence-electron chi connectivity index (χ0n) is 16.6. The minimum absolute atomic E-state index is 0.141. The lowest BCUT2D eigenvalue weighted by Crippen LogP contribution is -2.44. The number of benzene rings is 3. The Morgan fingerprint density at radius 3 is 2.33 bits per heavy atom. The van der Waals surface area contributed by atoms with E-state index in [0.717, 1.165) is 5.56 Å². The van der Waals surface area contributed by atoms with Crippen LogP contribution in [0.5, 0.6) is 5.75 Å². The second-order valence-corrected chi connectivity index (χ2v) is 7.20. The molecule has 6 heteroatoms. The van der Waals surface area contributed by atoms with Crippen LogP contribution in [0.1, 0.15) is 33.4 Å². The first-order valence-corrected chi connectivity index (χ1v) is 9.56. The van der Waals surface area contributed by atoms with E-state index in [0.29, 0.717) is 22.6 Å². The highest BCUT2D eigenvalue weighted by Gasteiger charge is 2.42. The molecule has 30 heavy (non-hydrogen) atoms. The van der Waals surface area contributed by atoms with Crippen molar-refractivity contribution in [2.24, 2.45) is 0 Å². The zero-order chi connectivity index (χ0) is 21.3. The molecule has 2 atom stereocenters. The summed E-state index contributed by atoms with van der Waals surface area (Å²) in [6.45, 7) is 0. The summed E-state index contributed by atoms with van der Waals surface area (Å²) in [5, 5.41) is 2.87. The van der Waals surface area contributed by atoms with Gasteiger partial charge < -0.3 is 15.0 Å². The molecule has 2 amide bonds. The molecule has 0 aliphatic carbocycles. The SMILES string of the molecule is COc1ccc([C@H]2[C@H](C(=O)Nc3ccc(F)cc3)c3ccccc3C(=O)N2C)cc1. The van der Waals surface area contributed by atoms with Gasteiger partial charge in [0.05, 0.1) is 19.1 Å². The molecule has 0 aromatic heterocycles.